The van der Waals surface area contributed by atoms with Crippen molar-refractivity contribution in [3.63, 3.8) is 0 Å². The Bertz CT molecular complexity index is 942. The van der Waals surface area contributed by atoms with E-state index < -0.39 is 0 Å². The summed E-state index contributed by atoms with van der Waals surface area (Å²) in [6, 6.07) is 9.76. The first-order valence-corrected chi connectivity index (χ1v) is 8.96. The van der Waals surface area contributed by atoms with Crippen LogP contribution in [-0.4, -0.2) is 26.4 Å². The summed E-state index contributed by atoms with van der Waals surface area (Å²) in [5.41, 5.74) is 2.13. The summed E-state index contributed by atoms with van der Waals surface area (Å²) >= 11 is 0. The number of nitrogens with zero attached hydrogens (tertiary/aromatic N) is 5. The van der Waals surface area contributed by atoms with E-state index >= 15 is 0 Å². The van der Waals surface area contributed by atoms with E-state index in [-0.39, 0.29) is 6.04 Å². The lowest BCUT2D eigenvalue weighted by atomic mass is 10.1. The van der Waals surface area contributed by atoms with Gasteiger partial charge in [-0.05, 0) is 50.6 Å². The van der Waals surface area contributed by atoms with Crippen molar-refractivity contribution in [3.8, 4) is 6.07 Å². The fourth-order valence-electron chi connectivity index (χ4n) is 3.38. The first-order valence-electron chi connectivity index (χ1n) is 8.96. The molecule has 0 unspecified atom stereocenters. The van der Waals surface area contributed by atoms with E-state index in [1.54, 1.807) is 24.5 Å². The van der Waals surface area contributed by atoms with Crippen LogP contribution in [0.15, 0.2) is 47.3 Å². The Kier molecular flexibility index (Phi) is 4.81. The molecule has 1 atom stereocenters. The van der Waals surface area contributed by atoms with Gasteiger partial charge in [0.15, 0.2) is 0 Å². The second-order valence-corrected chi connectivity index (χ2v) is 6.64. The highest BCUT2D eigenvalue weighted by Crippen LogP contribution is 2.32. The van der Waals surface area contributed by atoms with Crippen LogP contribution in [0, 0.1) is 18.3 Å². The summed E-state index contributed by atoms with van der Waals surface area (Å²) < 4.78 is 5.72. The maximum Gasteiger partial charge on any atom is 0.148 e. The Morgan fingerprint density at radius 2 is 2.11 bits per heavy atom. The zero-order valence-electron chi connectivity index (χ0n) is 15.1. The van der Waals surface area contributed by atoms with Gasteiger partial charge in [-0.25, -0.2) is 9.97 Å². The second kappa shape index (κ2) is 7.56. The molecule has 4 heterocycles. The average molecular weight is 360 g/mol. The van der Waals surface area contributed by atoms with Crippen molar-refractivity contribution in [3.05, 3.63) is 65.8 Å². The van der Waals surface area contributed by atoms with Crippen LogP contribution in [0.1, 0.15) is 41.8 Å². The van der Waals surface area contributed by atoms with Gasteiger partial charge in [0.25, 0.3) is 0 Å². The number of furan rings is 1. The monoisotopic (exact) mass is 360 g/mol. The molecule has 7 heteroatoms. The molecule has 0 spiro atoms. The van der Waals surface area contributed by atoms with Crippen LogP contribution >= 0.6 is 0 Å². The number of aryl methyl sites for hydroxylation is 1. The second-order valence-electron chi connectivity index (χ2n) is 6.64. The van der Waals surface area contributed by atoms with Crippen molar-refractivity contribution >= 4 is 11.5 Å². The molecule has 1 saturated heterocycles. The smallest absolute Gasteiger partial charge is 0.148 e. The fourth-order valence-corrected chi connectivity index (χ4v) is 3.38. The molecule has 1 aliphatic heterocycles. The van der Waals surface area contributed by atoms with Gasteiger partial charge in [0.1, 0.15) is 29.1 Å². The summed E-state index contributed by atoms with van der Waals surface area (Å²) in [7, 11) is 0. The molecule has 3 aromatic rings. The minimum absolute atomic E-state index is 0.258. The Morgan fingerprint density at radius 3 is 2.78 bits per heavy atom. The molecule has 7 nitrogen and oxygen atoms in total. The largest absolute Gasteiger partial charge is 0.465 e. The molecule has 0 amide bonds. The zero-order chi connectivity index (χ0) is 18.6. The van der Waals surface area contributed by atoms with Gasteiger partial charge in [-0.3, -0.25) is 9.88 Å². The van der Waals surface area contributed by atoms with Crippen molar-refractivity contribution in [1.29, 1.82) is 5.26 Å². The molecular formula is C20H20N6O. The quantitative estimate of drug-likeness (QED) is 0.741. The van der Waals surface area contributed by atoms with E-state index in [2.05, 4.69) is 25.2 Å². The van der Waals surface area contributed by atoms with Crippen LogP contribution in [0.2, 0.25) is 0 Å². The first-order chi connectivity index (χ1) is 13.2. The molecule has 1 N–H and O–H groups in total. The normalized spacial score (nSPS) is 17.0. The molecule has 0 aliphatic carbocycles. The van der Waals surface area contributed by atoms with Crippen molar-refractivity contribution in [2.75, 3.05) is 11.9 Å². The maximum absolute atomic E-state index is 8.80. The average Bonchev–Trinajstić information content (AvgIpc) is 3.32. The number of hydrogen-bond acceptors (Lipinski definition) is 7. The van der Waals surface area contributed by atoms with Crippen LogP contribution in [-0.2, 0) is 6.54 Å². The summed E-state index contributed by atoms with van der Waals surface area (Å²) in [5.74, 6) is 2.57. The number of pyridine rings is 1. The molecule has 136 valence electrons. The van der Waals surface area contributed by atoms with E-state index in [0.717, 1.165) is 48.8 Å². The standard InChI is InChI=1S/C20H20N6O/c1-14-4-7-17(27-14)13-26-8-2-3-19(26)18-11-24-20(12-23-18)25-16-6-5-15(9-21)22-10-16/h4-7,10-12,19H,2-3,8,13H2,1H3,(H,24,25)/t19-/m1/s1. The van der Waals surface area contributed by atoms with Gasteiger partial charge in [0.2, 0.25) is 0 Å². The highest BCUT2D eigenvalue weighted by molar-refractivity contribution is 5.54. The molecule has 3 aromatic heterocycles. The van der Waals surface area contributed by atoms with Gasteiger partial charge >= 0.3 is 0 Å². The molecule has 0 aromatic carbocycles. The van der Waals surface area contributed by atoms with Crippen LogP contribution in [0.5, 0.6) is 0 Å². The first kappa shape index (κ1) is 17.2. The third-order valence-corrected chi connectivity index (χ3v) is 4.68. The van der Waals surface area contributed by atoms with E-state index in [4.69, 9.17) is 9.68 Å². The predicted molar refractivity (Wildman–Crippen MR) is 100 cm³/mol. The van der Waals surface area contributed by atoms with Crippen molar-refractivity contribution in [2.45, 2.75) is 32.4 Å². The van der Waals surface area contributed by atoms with Gasteiger partial charge < -0.3 is 9.73 Å². The Labute approximate surface area is 157 Å². The minimum atomic E-state index is 0.258. The van der Waals surface area contributed by atoms with E-state index in [0.29, 0.717) is 11.5 Å². The number of anilines is 2. The SMILES string of the molecule is Cc1ccc(CN2CCC[C@@H]2c2cnc(Nc3ccc(C#N)nc3)cn2)o1. The van der Waals surface area contributed by atoms with Crippen LogP contribution in [0.4, 0.5) is 11.5 Å². The molecule has 1 fully saturated rings. The topological polar surface area (TPSA) is 90.9 Å². The van der Waals surface area contributed by atoms with Crippen molar-refractivity contribution < 1.29 is 4.42 Å². The lowest BCUT2D eigenvalue weighted by Crippen LogP contribution is -2.23. The summed E-state index contributed by atoms with van der Waals surface area (Å²) in [6.45, 7) is 3.78. The van der Waals surface area contributed by atoms with E-state index in [1.807, 2.05) is 31.3 Å². The predicted octanol–water partition coefficient (Wildman–Crippen LogP) is 3.73. The number of likely N-dealkylation sites (tertiary alicyclic amines) is 1. The molecular weight excluding hydrogens is 340 g/mol. The molecule has 4 rings (SSSR count). The Hall–Kier alpha value is -3.24. The number of nitriles is 1. The molecule has 0 bridgehead atoms. The summed E-state index contributed by atoms with van der Waals surface area (Å²) in [6.07, 6.45) is 7.39. The third-order valence-electron chi connectivity index (χ3n) is 4.68. The molecule has 1 aliphatic rings. The van der Waals surface area contributed by atoms with Crippen molar-refractivity contribution in [2.24, 2.45) is 0 Å². The van der Waals surface area contributed by atoms with Gasteiger partial charge in [0.05, 0.1) is 42.6 Å². The number of hydrogen-bond donors (Lipinski definition) is 1. The van der Waals surface area contributed by atoms with Crippen LogP contribution in [0.3, 0.4) is 0 Å². The highest BCUT2D eigenvalue weighted by Gasteiger charge is 2.28. The minimum Gasteiger partial charge on any atom is -0.465 e. The van der Waals surface area contributed by atoms with E-state index in [9.17, 15) is 0 Å². The van der Waals surface area contributed by atoms with Crippen LogP contribution < -0.4 is 5.32 Å². The maximum atomic E-state index is 8.80. The van der Waals surface area contributed by atoms with Crippen molar-refractivity contribution in [1.82, 2.24) is 19.9 Å². The molecule has 27 heavy (non-hydrogen) atoms. The van der Waals surface area contributed by atoms with E-state index in [1.165, 1.54) is 0 Å². The Balaban J connectivity index is 1.43. The van der Waals surface area contributed by atoms with Gasteiger partial charge in [-0.2, -0.15) is 5.26 Å². The van der Waals surface area contributed by atoms with Gasteiger partial charge in [0, 0.05) is 0 Å². The van der Waals surface area contributed by atoms with Gasteiger partial charge in [-0.15, -0.1) is 0 Å². The fraction of sp³-hybridized carbons (Fsp3) is 0.300. The third kappa shape index (κ3) is 3.96. The summed E-state index contributed by atoms with van der Waals surface area (Å²) in [5, 5.41) is 12.0. The molecule has 0 saturated carbocycles. The van der Waals surface area contributed by atoms with Crippen LogP contribution in [0.25, 0.3) is 0 Å². The molecule has 0 radical (unpaired) electrons. The lowest BCUT2D eigenvalue weighted by Gasteiger charge is -2.22. The summed E-state index contributed by atoms with van der Waals surface area (Å²) in [4.78, 5) is 15.5. The zero-order valence-corrected chi connectivity index (χ0v) is 15.1. The lowest BCUT2D eigenvalue weighted by molar-refractivity contribution is 0.223. The Morgan fingerprint density at radius 1 is 1.19 bits per heavy atom. The number of rotatable bonds is 5. The number of aromatic nitrogens is 3. The van der Waals surface area contributed by atoms with Gasteiger partial charge in [-0.1, -0.05) is 0 Å². The number of nitrogens with one attached hydrogen (secondary N) is 1. The highest BCUT2D eigenvalue weighted by atomic mass is 16.3.